The Morgan fingerprint density at radius 1 is 0.900 bits per heavy atom. The van der Waals surface area contributed by atoms with Crippen LogP contribution in [0.15, 0.2) is 78.9 Å². The van der Waals surface area contributed by atoms with Crippen molar-refractivity contribution in [1.29, 1.82) is 0 Å². The molecule has 3 aromatic carbocycles. The first-order valence-corrected chi connectivity index (χ1v) is 10.1. The van der Waals surface area contributed by atoms with Crippen LogP contribution >= 0.6 is 11.6 Å². The van der Waals surface area contributed by atoms with Gasteiger partial charge in [-0.15, -0.1) is 0 Å². The lowest BCUT2D eigenvalue weighted by molar-refractivity contribution is 0.0986. The molecule has 0 bridgehead atoms. The second-order valence-electron chi connectivity index (χ2n) is 6.90. The number of hydrogen-bond acceptors (Lipinski definition) is 2. The van der Waals surface area contributed by atoms with Crippen molar-refractivity contribution in [3.63, 3.8) is 0 Å². The van der Waals surface area contributed by atoms with Gasteiger partial charge in [-0.05, 0) is 61.9 Å². The largest absolute Gasteiger partial charge is 0.338 e. The lowest BCUT2D eigenvalue weighted by Crippen LogP contribution is -2.35. The number of halogens is 1. The van der Waals surface area contributed by atoms with E-state index in [1.165, 1.54) is 0 Å². The molecule has 30 heavy (non-hydrogen) atoms. The predicted octanol–water partition coefficient (Wildman–Crippen LogP) is 5.51. The number of carbonyl (C=O) groups excluding carboxylic acids is 2. The highest BCUT2D eigenvalue weighted by Crippen LogP contribution is 2.18. The van der Waals surface area contributed by atoms with Gasteiger partial charge in [0.2, 0.25) is 0 Å². The Morgan fingerprint density at radius 2 is 1.57 bits per heavy atom. The minimum Gasteiger partial charge on any atom is -0.338 e. The van der Waals surface area contributed by atoms with Crippen LogP contribution in [0.4, 0.5) is 16.2 Å². The number of benzene rings is 3. The average Bonchev–Trinajstić information content (AvgIpc) is 2.76. The van der Waals surface area contributed by atoms with Crippen LogP contribution in [0.5, 0.6) is 0 Å². The summed E-state index contributed by atoms with van der Waals surface area (Å²) in [6.07, 6.45) is 0.612. The highest BCUT2D eigenvalue weighted by molar-refractivity contribution is 6.30. The van der Waals surface area contributed by atoms with Crippen LogP contribution in [0.3, 0.4) is 0 Å². The Hall–Kier alpha value is -3.31. The third kappa shape index (κ3) is 6.09. The number of rotatable bonds is 7. The van der Waals surface area contributed by atoms with Gasteiger partial charge in [0.25, 0.3) is 5.91 Å². The van der Waals surface area contributed by atoms with Gasteiger partial charge in [-0.25, -0.2) is 4.79 Å². The molecule has 0 unspecified atom stereocenters. The predicted molar refractivity (Wildman–Crippen MR) is 122 cm³/mol. The maximum absolute atomic E-state index is 13.1. The van der Waals surface area contributed by atoms with E-state index in [4.69, 9.17) is 11.6 Å². The summed E-state index contributed by atoms with van der Waals surface area (Å²) >= 11 is 5.85. The summed E-state index contributed by atoms with van der Waals surface area (Å²) in [5.41, 5.74) is 3.23. The van der Waals surface area contributed by atoms with Crippen molar-refractivity contribution in [3.8, 4) is 0 Å². The Labute approximate surface area is 181 Å². The van der Waals surface area contributed by atoms with Gasteiger partial charge in [0.15, 0.2) is 0 Å². The molecular weight excluding hydrogens is 398 g/mol. The minimum absolute atomic E-state index is 0.0631. The summed E-state index contributed by atoms with van der Waals surface area (Å²) in [5.74, 6) is -0.0631. The van der Waals surface area contributed by atoms with Crippen molar-refractivity contribution in [2.24, 2.45) is 0 Å². The van der Waals surface area contributed by atoms with Crippen molar-refractivity contribution < 1.29 is 9.59 Å². The van der Waals surface area contributed by atoms with Crippen molar-refractivity contribution >= 4 is 34.9 Å². The molecule has 0 heterocycles. The number of amides is 3. The lowest BCUT2D eigenvalue weighted by atomic mass is 10.1. The fourth-order valence-corrected chi connectivity index (χ4v) is 3.08. The molecule has 2 N–H and O–H groups in total. The Kier molecular flexibility index (Phi) is 7.46. The summed E-state index contributed by atoms with van der Waals surface area (Å²) in [6, 6.07) is 23.7. The molecule has 3 rings (SSSR count). The van der Waals surface area contributed by atoms with Gasteiger partial charge in [-0.2, -0.15) is 0 Å². The van der Waals surface area contributed by atoms with E-state index < -0.39 is 0 Å². The molecule has 0 saturated carbocycles. The maximum Gasteiger partial charge on any atom is 0.319 e. The zero-order valence-electron chi connectivity index (χ0n) is 16.8. The summed E-state index contributed by atoms with van der Waals surface area (Å²) in [6.45, 7) is 2.91. The van der Waals surface area contributed by atoms with Crippen molar-refractivity contribution in [3.05, 3.63) is 95.0 Å². The normalized spacial score (nSPS) is 10.3. The van der Waals surface area contributed by atoms with Gasteiger partial charge in [0.1, 0.15) is 0 Å². The molecule has 5 nitrogen and oxygen atoms in total. The van der Waals surface area contributed by atoms with Crippen molar-refractivity contribution in [1.82, 2.24) is 5.32 Å². The first-order valence-electron chi connectivity index (χ1n) is 9.77. The smallest absolute Gasteiger partial charge is 0.319 e. The van der Waals surface area contributed by atoms with Crippen LogP contribution in [-0.2, 0) is 0 Å². The molecule has 0 fully saturated rings. The summed E-state index contributed by atoms with van der Waals surface area (Å²) < 4.78 is 0. The molecule has 0 aliphatic carbocycles. The zero-order chi connectivity index (χ0) is 21.3. The zero-order valence-corrected chi connectivity index (χ0v) is 17.5. The fourth-order valence-electron chi connectivity index (χ4n) is 2.96. The van der Waals surface area contributed by atoms with Crippen LogP contribution in [0, 0.1) is 6.92 Å². The van der Waals surface area contributed by atoms with Crippen molar-refractivity contribution in [2.75, 3.05) is 23.3 Å². The number of nitrogens with one attached hydrogen (secondary N) is 2. The van der Waals surface area contributed by atoms with E-state index in [9.17, 15) is 9.59 Å². The standard InChI is InChI=1S/C24H24ClN3O2/c1-18-8-10-19(11-9-18)23(29)28(22-6-3-2-4-7-22)17-5-16-26-24(30)27-21-14-12-20(25)13-15-21/h2-4,6-15H,5,16-17H2,1H3,(H2,26,27,30). The molecule has 0 spiro atoms. The molecule has 3 aromatic rings. The average molecular weight is 422 g/mol. The molecule has 0 aromatic heterocycles. The molecule has 154 valence electrons. The van der Waals surface area contributed by atoms with Gasteiger partial charge in [0, 0.05) is 35.1 Å². The van der Waals surface area contributed by atoms with E-state index in [1.807, 2.05) is 61.5 Å². The fraction of sp³-hybridized carbons (Fsp3) is 0.167. The van der Waals surface area contributed by atoms with Crippen LogP contribution < -0.4 is 15.5 Å². The van der Waals surface area contributed by atoms with Crippen molar-refractivity contribution in [2.45, 2.75) is 13.3 Å². The van der Waals surface area contributed by atoms with Crippen LogP contribution in [0.2, 0.25) is 5.02 Å². The number of hydrogen-bond donors (Lipinski definition) is 2. The minimum atomic E-state index is -0.298. The Balaban J connectivity index is 1.57. The number of urea groups is 1. The number of carbonyl (C=O) groups is 2. The molecular formula is C24H24ClN3O2. The van der Waals surface area contributed by atoms with E-state index in [0.717, 1.165) is 11.3 Å². The summed E-state index contributed by atoms with van der Waals surface area (Å²) in [7, 11) is 0. The maximum atomic E-state index is 13.1. The second kappa shape index (κ2) is 10.5. The SMILES string of the molecule is Cc1ccc(C(=O)N(CCCNC(=O)Nc2ccc(Cl)cc2)c2ccccc2)cc1. The van der Waals surface area contributed by atoms with Crippen LogP contribution in [0.25, 0.3) is 0 Å². The van der Waals surface area contributed by atoms with E-state index >= 15 is 0 Å². The van der Waals surface area contributed by atoms with Crippen LogP contribution in [0.1, 0.15) is 22.3 Å². The van der Waals surface area contributed by atoms with Gasteiger partial charge >= 0.3 is 6.03 Å². The molecule has 0 aliphatic rings. The van der Waals surface area contributed by atoms with E-state index in [0.29, 0.717) is 35.8 Å². The molecule has 0 radical (unpaired) electrons. The van der Waals surface area contributed by atoms with Gasteiger partial charge in [-0.3, -0.25) is 4.79 Å². The quantitative estimate of drug-likeness (QED) is 0.494. The Bertz CT molecular complexity index is 974. The molecule has 3 amide bonds. The van der Waals surface area contributed by atoms with Gasteiger partial charge in [-0.1, -0.05) is 47.5 Å². The van der Waals surface area contributed by atoms with Gasteiger partial charge in [0.05, 0.1) is 0 Å². The van der Waals surface area contributed by atoms with E-state index in [-0.39, 0.29) is 11.9 Å². The second-order valence-corrected chi connectivity index (χ2v) is 7.34. The van der Waals surface area contributed by atoms with Crippen LogP contribution in [-0.4, -0.2) is 25.0 Å². The molecule has 0 atom stereocenters. The van der Waals surface area contributed by atoms with Gasteiger partial charge < -0.3 is 15.5 Å². The topological polar surface area (TPSA) is 61.4 Å². The van der Waals surface area contributed by atoms with E-state index in [2.05, 4.69) is 10.6 Å². The first-order chi connectivity index (χ1) is 14.5. The third-order valence-corrected chi connectivity index (χ3v) is 4.81. The molecule has 6 heteroatoms. The highest BCUT2D eigenvalue weighted by Gasteiger charge is 2.17. The Morgan fingerprint density at radius 3 is 2.23 bits per heavy atom. The molecule has 0 saturated heterocycles. The third-order valence-electron chi connectivity index (χ3n) is 4.56. The summed E-state index contributed by atoms with van der Waals surface area (Å²) in [4.78, 5) is 26.9. The molecule has 0 aliphatic heterocycles. The van der Waals surface area contributed by atoms with E-state index in [1.54, 1.807) is 29.2 Å². The summed E-state index contributed by atoms with van der Waals surface area (Å²) in [5, 5.41) is 6.18. The first kappa shape index (κ1) is 21.4. The monoisotopic (exact) mass is 421 g/mol. The number of anilines is 2. The number of para-hydroxylation sites is 1. The number of nitrogens with zero attached hydrogens (tertiary/aromatic N) is 1. The lowest BCUT2D eigenvalue weighted by Gasteiger charge is -2.23. The number of aryl methyl sites for hydroxylation is 1. The highest BCUT2D eigenvalue weighted by atomic mass is 35.5.